The lowest BCUT2D eigenvalue weighted by atomic mass is 10.1. The number of hydrogen-bond donors (Lipinski definition) is 1. The van der Waals surface area contributed by atoms with E-state index in [4.69, 9.17) is 9.57 Å². The van der Waals surface area contributed by atoms with Crippen LogP contribution >= 0.6 is 0 Å². The molecule has 3 aromatic rings. The van der Waals surface area contributed by atoms with Crippen molar-refractivity contribution in [3.63, 3.8) is 0 Å². The SMILES string of the molecule is CCc1cccc2c(/C=N/OCc3cc(C(C)=O)ccc3OC)c[nH]c12. The number of aromatic amines is 1. The molecule has 1 N–H and O–H groups in total. The van der Waals surface area contributed by atoms with E-state index in [0.717, 1.165) is 28.5 Å². The first kappa shape index (κ1) is 17.7. The predicted molar refractivity (Wildman–Crippen MR) is 103 cm³/mol. The molecule has 0 fully saturated rings. The molecule has 0 bridgehead atoms. The van der Waals surface area contributed by atoms with Gasteiger partial charge in [0, 0.05) is 33.8 Å². The monoisotopic (exact) mass is 350 g/mol. The van der Waals surface area contributed by atoms with Gasteiger partial charge in [0.2, 0.25) is 0 Å². The van der Waals surface area contributed by atoms with Crippen molar-refractivity contribution < 1.29 is 14.4 Å². The molecule has 0 amide bonds. The molecule has 134 valence electrons. The number of ketones is 1. The highest BCUT2D eigenvalue weighted by atomic mass is 16.6. The number of benzene rings is 2. The van der Waals surface area contributed by atoms with Crippen LogP contribution in [0.1, 0.15) is 40.9 Å². The number of ether oxygens (including phenoxy) is 1. The molecular weight excluding hydrogens is 328 g/mol. The van der Waals surface area contributed by atoms with Crippen molar-refractivity contribution in [2.45, 2.75) is 26.9 Å². The molecule has 3 rings (SSSR count). The molecule has 1 heterocycles. The van der Waals surface area contributed by atoms with Crippen LogP contribution in [0.2, 0.25) is 0 Å². The van der Waals surface area contributed by atoms with E-state index in [0.29, 0.717) is 11.3 Å². The number of nitrogens with zero attached hydrogens (tertiary/aromatic N) is 1. The van der Waals surface area contributed by atoms with E-state index in [1.807, 2.05) is 12.3 Å². The molecule has 5 nitrogen and oxygen atoms in total. The van der Waals surface area contributed by atoms with Crippen molar-refractivity contribution in [3.05, 3.63) is 64.8 Å². The molecule has 0 aliphatic rings. The lowest BCUT2D eigenvalue weighted by Crippen LogP contribution is -1.98. The normalized spacial score (nSPS) is 11.2. The number of oxime groups is 1. The van der Waals surface area contributed by atoms with Gasteiger partial charge in [-0.3, -0.25) is 4.79 Å². The predicted octanol–water partition coefficient (Wildman–Crippen LogP) is 4.49. The van der Waals surface area contributed by atoms with Crippen LogP contribution in [0, 0.1) is 0 Å². The summed E-state index contributed by atoms with van der Waals surface area (Å²) in [7, 11) is 1.59. The molecule has 5 heteroatoms. The first-order valence-electron chi connectivity index (χ1n) is 8.56. The van der Waals surface area contributed by atoms with E-state index in [2.05, 4.69) is 29.2 Å². The van der Waals surface area contributed by atoms with Crippen molar-refractivity contribution in [1.29, 1.82) is 0 Å². The van der Waals surface area contributed by atoms with Gasteiger partial charge in [0.25, 0.3) is 0 Å². The van der Waals surface area contributed by atoms with Gasteiger partial charge < -0.3 is 14.6 Å². The molecule has 0 radical (unpaired) electrons. The van der Waals surface area contributed by atoms with E-state index < -0.39 is 0 Å². The maximum absolute atomic E-state index is 11.5. The van der Waals surface area contributed by atoms with Gasteiger partial charge in [-0.25, -0.2) is 0 Å². The summed E-state index contributed by atoms with van der Waals surface area (Å²) in [4.78, 5) is 20.3. The molecule has 1 aromatic heterocycles. The molecule has 2 aromatic carbocycles. The van der Waals surface area contributed by atoms with Gasteiger partial charge in [0.1, 0.15) is 12.4 Å². The van der Waals surface area contributed by atoms with E-state index in [1.54, 1.807) is 31.5 Å². The van der Waals surface area contributed by atoms with Crippen LogP contribution in [-0.2, 0) is 17.9 Å². The lowest BCUT2D eigenvalue weighted by Gasteiger charge is -2.08. The van der Waals surface area contributed by atoms with Gasteiger partial charge in [-0.05, 0) is 37.1 Å². The molecule has 0 atom stereocenters. The Hall–Kier alpha value is -3.08. The highest BCUT2D eigenvalue weighted by Gasteiger charge is 2.08. The number of methoxy groups -OCH3 is 1. The van der Waals surface area contributed by atoms with Crippen LogP contribution < -0.4 is 4.74 Å². The number of carbonyl (C=O) groups excluding carboxylic acids is 1. The molecule has 0 saturated heterocycles. The largest absolute Gasteiger partial charge is 0.496 e. The Labute approximate surface area is 152 Å². The summed E-state index contributed by atoms with van der Waals surface area (Å²) in [6.45, 7) is 3.89. The fourth-order valence-corrected chi connectivity index (χ4v) is 2.95. The van der Waals surface area contributed by atoms with Crippen LogP contribution in [-0.4, -0.2) is 24.1 Å². The summed E-state index contributed by atoms with van der Waals surface area (Å²) in [6, 6.07) is 11.5. The summed E-state index contributed by atoms with van der Waals surface area (Å²) in [6.07, 6.45) is 4.59. The average molecular weight is 350 g/mol. The average Bonchev–Trinajstić information content (AvgIpc) is 3.08. The van der Waals surface area contributed by atoms with E-state index in [1.165, 1.54) is 12.5 Å². The third-order valence-corrected chi connectivity index (χ3v) is 4.39. The van der Waals surface area contributed by atoms with Crippen molar-refractivity contribution >= 4 is 22.9 Å². The van der Waals surface area contributed by atoms with Crippen molar-refractivity contribution in [1.82, 2.24) is 4.98 Å². The minimum absolute atomic E-state index is 0.00271. The van der Waals surface area contributed by atoms with Crippen LogP contribution in [0.3, 0.4) is 0 Å². The van der Waals surface area contributed by atoms with E-state index in [9.17, 15) is 4.79 Å². The van der Waals surface area contributed by atoms with Crippen LogP contribution in [0.15, 0.2) is 47.8 Å². The minimum atomic E-state index is 0.00271. The minimum Gasteiger partial charge on any atom is -0.496 e. The third-order valence-electron chi connectivity index (χ3n) is 4.39. The summed E-state index contributed by atoms with van der Waals surface area (Å²) in [5.74, 6) is 0.674. The zero-order valence-electron chi connectivity index (χ0n) is 15.2. The van der Waals surface area contributed by atoms with Gasteiger partial charge >= 0.3 is 0 Å². The highest BCUT2D eigenvalue weighted by Crippen LogP contribution is 2.22. The Morgan fingerprint density at radius 3 is 2.81 bits per heavy atom. The number of para-hydroxylation sites is 1. The van der Waals surface area contributed by atoms with Crippen molar-refractivity contribution in [2.75, 3.05) is 7.11 Å². The first-order chi connectivity index (χ1) is 12.6. The van der Waals surface area contributed by atoms with Crippen molar-refractivity contribution in [2.24, 2.45) is 5.16 Å². The quantitative estimate of drug-likeness (QED) is 0.388. The highest BCUT2D eigenvalue weighted by molar-refractivity contribution is 6.00. The molecular formula is C21H22N2O3. The zero-order chi connectivity index (χ0) is 18.5. The van der Waals surface area contributed by atoms with Gasteiger partial charge in [0.15, 0.2) is 5.78 Å². The smallest absolute Gasteiger partial charge is 0.159 e. The third kappa shape index (κ3) is 3.61. The summed E-state index contributed by atoms with van der Waals surface area (Å²) in [5.41, 5.74) is 4.78. The number of Topliss-reactive ketones (excluding diaryl/α,β-unsaturated/α-hetero) is 1. The molecule has 0 aliphatic heterocycles. The number of hydrogen-bond acceptors (Lipinski definition) is 4. The second-order valence-electron chi connectivity index (χ2n) is 6.03. The number of aromatic nitrogens is 1. The number of carbonyl (C=O) groups is 1. The number of H-pyrrole nitrogens is 1. The maximum Gasteiger partial charge on any atom is 0.159 e. The molecule has 0 saturated carbocycles. The van der Waals surface area contributed by atoms with Crippen molar-refractivity contribution in [3.8, 4) is 5.75 Å². The van der Waals surface area contributed by atoms with E-state index >= 15 is 0 Å². The Morgan fingerprint density at radius 1 is 1.23 bits per heavy atom. The molecule has 0 aliphatic carbocycles. The number of nitrogens with one attached hydrogen (secondary N) is 1. The fourth-order valence-electron chi connectivity index (χ4n) is 2.95. The molecule has 0 spiro atoms. The molecule has 26 heavy (non-hydrogen) atoms. The van der Waals surface area contributed by atoms with E-state index in [-0.39, 0.29) is 12.4 Å². The second-order valence-corrected chi connectivity index (χ2v) is 6.03. The summed E-state index contributed by atoms with van der Waals surface area (Å²) in [5, 5.41) is 5.20. The number of rotatable bonds is 7. The van der Waals surface area contributed by atoms with Crippen LogP contribution in [0.5, 0.6) is 5.75 Å². The first-order valence-corrected chi connectivity index (χ1v) is 8.56. The standard InChI is InChI=1S/C21H22N2O3/c1-4-15-6-5-7-19-18(11-22-21(15)19)12-23-26-13-17-10-16(14(2)24)8-9-20(17)25-3/h5-12,22H,4,13H2,1-3H3/b23-12+. The Morgan fingerprint density at radius 2 is 2.08 bits per heavy atom. The Balaban J connectivity index is 1.74. The summed E-state index contributed by atoms with van der Waals surface area (Å²) < 4.78 is 5.32. The maximum atomic E-state index is 11.5. The topological polar surface area (TPSA) is 63.7 Å². The number of aryl methyl sites for hydroxylation is 1. The number of fused-ring (bicyclic) bond motifs is 1. The Bertz CT molecular complexity index is 957. The molecule has 0 unspecified atom stereocenters. The van der Waals surface area contributed by atoms with Crippen LogP contribution in [0.4, 0.5) is 0 Å². The fraction of sp³-hybridized carbons (Fsp3) is 0.238. The van der Waals surface area contributed by atoms with Gasteiger partial charge in [-0.1, -0.05) is 30.3 Å². The summed E-state index contributed by atoms with van der Waals surface area (Å²) >= 11 is 0. The Kier molecular flexibility index (Phi) is 5.37. The zero-order valence-corrected chi connectivity index (χ0v) is 15.2. The second kappa shape index (κ2) is 7.87. The van der Waals surface area contributed by atoms with Gasteiger partial charge in [-0.2, -0.15) is 0 Å². The lowest BCUT2D eigenvalue weighted by molar-refractivity contribution is 0.101. The van der Waals surface area contributed by atoms with Crippen LogP contribution in [0.25, 0.3) is 10.9 Å². The van der Waals surface area contributed by atoms with Gasteiger partial charge in [0.05, 0.1) is 13.3 Å². The van der Waals surface area contributed by atoms with Gasteiger partial charge in [-0.15, -0.1) is 0 Å².